The number of nitrogens with two attached hydrogens (primary N) is 1. The third-order valence-electron chi connectivity index (χ3n) is 4.55. The molecule has 1 fully saturated rings. The lowest BCUT2D eigenvalue weighted by molar-refractivity contribution is 0.0415. The Morgan fingerprint density at radius 3 is 2.90 bits per heavy atom. The Morgan fingerprint density at radius 2 is 2.24 bits per heavy atom. The Balaban J connectivity index is 2.32. The number of piperidine rings is 1. The summed E-state index contributed by atoms with van der Waals surface area (Å²) >= 11 is 0. The summed E-state index contributed by atoms with van der Waals surface area (Å²) in [6.07, 6.45) is 4.32. The van der Waals surface area contributed by atoms with Gasteiger partial charge in [0.1, 0.15) is 5.75 Å². The van der Waals surface area contributed by atoms with Gasteiger partial charge in [-0.15, -0.1) is 0 Å². The van der Waals surface area contributed by atoms with Crippen molar-refractivity contribution in [3.05, 3.63) is 29.8 Å². The highest BCUT2D eigenvalue weighted by atomic mass is 16.5. The molecule has 118 valence electrons. The van der Waals surface area contributed by atoms with Gasteiger partial charge in [-0.05, 0) is 43.5 Å². The fraction of sp³-hybridized carbons (Fsp3) is 0.647. The van der Waals surface area contributed by atoms with E-state index < -0.39 is 0 Å². The van der Waals surface area contributed by atoms with Crippen LogP contribution in [0.3, 0.4) is 0 Å². The summed E-state index contributed by atoms with van der Waals surface area (Å²) in [6, 6.07) is 8.58. The predicted octanol–water partition coefficient (Wildman–Crippen LogP) is 2.32. The number of aliphatic hydroxyl groups excluding tert-OH is 1. The Morgan fingerprint density at radius 1 is 1.43 bits per heavy atom. The van der Waals surface area contributed by atoms with E-state index in [2.05, 4.69) is 24.0 Å². The van der Waals surface area contributed by atoms with Gasteiger partial charge in [-0.3, -0.25) is 4.90 Å². The van der Waals surface area contributed by atoms with Crippen LogP contribution in [0, 0.1) is 0 Å². The second-order valence-electron chi connectivity index (χ2n) is 5.86. The molecule has 0 radical (unpaired) electrons. The topological polar surface area (TPSA) is 58.7 Å². The molecule has 0 amide bonds. The van der Waals surface area contributed by atoms with Crippen LogP contribution in [-0.2, 0) is 0 Å². The van der Waals surface area contributed by atoms with E-state index in [9.17, 15) is 5.11 Å². The molecular weight excluding hydrogens is 264 g/mol. The highest BCUT2D eigenvalue weighted by Gasteiger charge is 2.32. The first kappa shape index (κ1) is 16.3. The van der Waals surface area contributed by atoms with Crippen LogP contribution in [0.2, 0.25) is 0 Å². The quantitative estimate of drug-likeness (QED) is 0.845. The first-order valence-electron chi connectivity index (χ1n) is 7.97. The molecule has 1 aromatic rings. The molecular formula is C17H28N2O2. The number of aliphatic hydroxyl groups is 1. The maximum absolute atomic E-state index is 9.71. The number of nitrogens with zero attached hydrogens (tertiary/aromatic N) is 1. The molecule has 1 heterocycles. The van der Waals surface area contributed by atoms with Gasteiger partial charge in [-0.2, -0.15) is 0 Å². The Kier molecular flexibility index (Phi) is 6.03. The van der Waals surface area contributed by atoms with Crippen molar-refractivity contribution in [3.8, 4) is 5.75 Å². The Hall–Kier alpha value is -1.10. The second-order valence-corrected chi connectivity index (χ2v) is 5.86. The number of likely N-dealkylation sites (tertiary alicyclic amines) is 1. The Labute approximate surface area is 127 Å². The summed E-state index contributed by atoms with van der Waals surface area (Å²) in [4.78, 5) is 2.40. The van der Waals surface area contributed by atoms with Crippen LogP contribution in [-0.4, -0.2) is 42.4 Å². The lowest BCUT2D eigenvalue weighted by Crippen LogP contribution is -2.49. The van der Waals surface area contributed by atoms with Crippen LogP contribution in [0.5, 0.6) is 5.75 Å². The third kappa shape index (κ3) is 3.76. The molecule has 3 unspecified atom stereocenters. The summed E-state index contributed by atoms with van der Waals surface area (Å²) in [5, 5.41) is 9.71. The molecule has 1 aliphatic rings. The van der Waals surface area contributed by atoms with Gasteiger partial charge in [0.25, 0.3) is 0 Å². The molecule has 0 saturated carbocycles. The number of benzene rings is 1. The van der Waals surface area contributed by atoms with Gasteiger partial charge < -0.3 is 15.6 Å². The Bertz CT molecular complexity index is 439. The van der Waals surface area contributed by atoms with Gasteiger partial charge in [-0.25, -0.2) is 0 Å². The number of methoxy groups -OCH3 is 1. The zero-order valence-corrected chi connectivity index (χ0v) is 13.2. The van der Waals surface area contributed by atoms with Gasteiger partial charge in [-0.1, -0.05) is 25.5 Å². The normalized spacial score (nSPS) is 22.8. The highest BCUT2D eigenvalue weighted by Crippen LogP contribution is 2.32. The molecule has 4 heteroatoms. The molecule has 0 bridgehead atoms. The van der Waals surface area contributed by atoms with Crippen LogP contribution in [0.4, 0.5) is 0 Å². The van der Waals surface area contributed by atoms with Crippen molar-refractivity contribution in [2.24, 2.45) is 5.73 Å². The van der Waals surface area contributed by atoms with Crippen LogP contribution in [0.15, 0.2) is 24.3 Å². The zero-order valence-electron chi connectivity index (χ0n) is 13.2. The molecule has 4 nitrogen and oxygen atoms in total. The maximum atomic E-state index is 9.71. The summed E-state index contributed by atoms with van der Waals surface area (Å²) in [6.45, 7) is 3.33. The molecule has 0 aromatic heterocycles. The average molecular weight is 292 g/mol. The van der Waals surface area contributed by atoms with Crippen LogP contribution in [0.25, 0.3) is 0 Å². The van der Waals surface area contributed by atoms with Crippen molar-refractivity contribution in [1.82, 2.24) is 4.90 Å². The second kappa shape index (κ2) is 7.78. The minimum Gasteiger partial charge on any atom is -0.497 e. The van der Waals surface area contributed by atoms with E-state index in [-0.39, 0.29) is 24.7 Å². The first-order chi connectivity index (χ1) is 10.2. The van der Waals surface area contributed by atoms with Gasteiger partial charge in [0, 0.05) is 12.1 Å². The smallest absolute Gasteiger partial charge is 0.119 e. The molecule has 0 aliphatic carbocycles. The first-order valence-corrected chi connectivity index (χ1v) is 7.97. The monoisotopic (exact) mass is 292 g/mol. The molecule has 0 spiro atoms. The van der Waals surface area contributed by atoms with E-state index in [0.29, 0.717) is 0 Å². The van der Waals surface area contributed by atoms with E-state index in [0.717, 1.165) is 25.1 Å². The third-order valence-corrected chi connectivity index (χ3v) is 4.55. The summed E-state index contributed by atoms with van der Waals surface area (Å²) in [5.74, 6) is 0.860. The predicted molar refractivity (Wildman–Crippen MR) is 85.4 cm³/mol. The van der Waals surface area contributed by atoms with E-state index in [4.69, 9.17) is 10.5 Å². The maximum Gasteiger partial charge on any atom is 0.119 e. The van der Waals surface area contributed by atoms with E-state index in [1.54, 1.807) is 7.11 Å². The highest BCUT2D eigenvalue weighted by molar-refractivity contribution is 5.31. The van der Waals surface area contributed by atoms with Crippen LogP contribution in [0.1, 0.15) is 44.2 Å². The lowest BCUT2D eigenvalue weighted by Gasteiger charge is -2.43. The fourth-order valence-electron chi connectivity index (χ4n) is 3.32. The fourth-order valence-corrected chi connectivity index (χ4v) is 3.32. The molecule has 1 aromatic carbocycles. The summed E-state index contributed by atoms with van der Waals surface area (Å²) in [7, 11) is 1.69. The largest absolute Gasteiger partial charge is 0.497 e. The van der Waals surface area contributed by atoms with Crippen molar-refractivity contribution >= 4 is 0 Å². The molecule has 2 rings (SSSR count). The number of ether oxygens (including phenoxy) is 1. The average Bonchev–Trinajstić information content (AvgIpc) is 2.55. The standard InChI is InChI=1S/C17H28N2O2/c1-3-16(18)17(13-7-6-9-15(11-13)21-2)19-10-5-4-8-14(19)12-20/h6-7,9,11,14,16-17,20H,3-5,8,10,12,18H2,1-2H3. The van der Waals surface area contributed by atoms with Crippen molar-refractivity contribution in [2.45, 2.75) is 50.7 Å². The zero-order chi connectivity index (χ0) is 15.2. The van der Waals surface area contributed by atoms with E-state index >= 15 is 0 Å². The molecule has 3 N–H and O–H groups in total. The SMILES string of the molecule is CCC(N)C(c1cccc(OC)c1)N1CCCCC1CO. The van der Waals surface area contributed by atoms with Gasteiger partial charge in [0.2, 0.25) is 0 Å². The molecule has 1 saturated heterocycles. The number of rotatable bonds is 6. The molecule has 3 atom stereocenters. The van der Waals surface area contributed by atoms with Gasteiger partial charge >= 0.3 is 0 Å². The van der Waals surface area contributed by atoms with Gasteiger partial charge in [0.15, 0.2) is 0 Å². The van der Waals surface area contributed by atoms with Crippen molar-refractivity contribution < 1.29 is 9.84 Å². The molecule has 1 aliphatic heterocycles. The van der Waals surface area contributed by atoms with E-state index in [1.165, 1.54) is 18.4 Å². The number of hydrogen-bond acceptors (Lipinski definition) is 4. The van der Waals surface area contributed by atoms with Crippen LogP contribution < -0.4 is 10.5 Å². The minimum atomic E-state index is 0.0595. The minimum absolute atomic E-state index is 0.0595. The van der Waals surface area contributed by atoms with Crippen molar-refractivity contribution in [2.75, 3.05) is 20.3 Å². The van der Waals surface area contributed by atoms with Gasteiger partial charge in [0.05, 0.1) is 19.8 Å². The van der Waals surface area contributed by atoms with Crippen molar-refractivity contribution in [1.29, 1.82) is 0 Å². The summed E-state index contributed by atoms with van der Waals surface area (Å²) < 4.78 is 5.35. The number of hydrogen-bond donors (Lipinski definition) is 2. The van der Waals surface area contributed by atoms with Crippen molar-refractivity contribution in [3.63, 3.8) is 0 Å². The molecule has 21 heavy (non-hydrogen) atoms. The van der Waals surface area contributed by atoms with Crippen LogP contribution >= 0.6 is 0 Å². The lowest BCUT2D eigenvalue weighted by atomic mass is 9.91. The van der Waals surface area contributed by atoms with E-state index in [1.807, 2.05) is 12.1 Å². The summed E-state index contributed by atoms with van der Waals surface area (Å²) in [5.41, 5.74) is 7.61.